The summed E-state index contributed by atoms with van der Waals surface area (Å²) < 4.78 is 44.9. The van der Waals surface area contributed by atoms with Crippen molar-refractivity contribution in [2.24, 2.45) is 0 Å². The van der Waals surface area contributed by atoms with Crippen LogP contribution in [0.15, 0.2) is 42.5 Å². The van der Waals surface area contributed by atoms with Gasteiger partial charge >= 0.3 is 5.97 Å². The van der Waals surface area contributed by atoms with Gasteiger partial charge in [-0.3, -0.25) is 9.59 Å². The molecule has 1 atom stereocenters. The molecule has 0 aliphatic heterocycles. The van der Waals surface area contributed by atoms with E-state index in [0.29, 0.717) is 5.56 Å². The molecule has 2 rings (SSSR count). The molecule has 8 heteroatoms. The van der Waals surface area contributed by atoms with Crippen LogP contribution in [0.25, 0.3) is 0 Å². The average Bonchev–Trinajstić information content (AvgIpc) is 2.62. The van der Waals surface area contributed by atoms with Crippen molar-refractivity contribution in [3.8, 4) is 5.75 Å². The van der Waals surface area contributed by atoms with E-state index in [-0.39, 0.29) is 25.3 Å². The number of carbonyl (C=O) groups is 2. The zero-order valence-electron chi connectivity index (χ0n) is 14.5. The minimum Gasteiger partial charge on any atom is -0.481 e. The van der Waals surface area contributed by atoms with E-state index in [2.05, 4.69) is 0 Å². The van der Waals surface area contributed by atoms with Crippen molar-refractivity contribution in [3.05, 3.63) is 65.5 Å². The smallest absolute Gasteiger partial charge is 0.305 e. The standard InChI is InChI=1S/C19H18F3NO4/c1-12(27-15-5-3-14(20)4-6-15)19(26)23(9-8-18(24)25)11-13-2-7-16(21)17(22)10-13/h2-7,10,12H,8-9,11H2,1H3,(H,24,25). The lowest BCUT2D eigenvalue weighted by Gasteiger charge is -2.26. The maximum atomic E-state index is 13.4. The lowest BCUT2D eigenvalue weighted by atomic mass is 10.1. The van der Waals surface area contributed by atoms with E-state index in [9.17, 15) is 22.8 Å². The second kappa shape index (κ2) is 9.07. The number of carboxylic acids is 1. The Kier molecular flexibility index (Phi) is 6.81. The van der Waals surface area contributed by atoms with E-state index in [1.165, 1.54) is 42.2 Å². The predicted octanol–water partition coefficient (Wildman–Crippen LogP) is 3.37. The number of benzene rings is 2. The molecule has 144 valence electrons. The molecule has 0 fully saturated rings. The Labute approximate surface area is 154 Å². The Balaban J connectivity index is 2.12. The molecular formula is C19H18F3NO4. The summed E-state index contributed by atoms with van der Waals surface area (Å²) in [5.41, 5.74) is 0.307. The van der Waals surface area contributed by atoms with Crippen LogP contribution in [-0.4, -0.2) is 34.5 Å². The zero-order chi connectivity index (χ0) is 20.0. The summed E-state index contributed by atoms with van der Waals surface area (Å²) in [5, 5.41) is 8.88. The fourth-order valence-electron chi connectivity index (χ4n) is 2.38. The number of ether oxygens (including phenoxy) is 1. The topological polar surface area (TPSA) is 66.8 Å². The van der Waals surface area contributed by atoms with Gasteiger partial charge in [-0.05, 0) is 48.9 Å². The van der Waals surface area contributed by atoms with E-state index < -0.39 is 35.4 Å². The normalized spacial score (nSPS) is 11.7. The minimum absolute atomic E-state index is 0.111. The summed E-state index contributed by atoms with van der Waals surface area (Å²) in [6, 6.07) is 8.26. The Morgan fingerprint density at radius 1 is 1.07 bits per heavy atom. The van der Waals surface area contributed by atoms with Crippen molar-refractivity contribution in [1.29, 1.82) is 0 Å². The van der Waals surface area contributed by atoms with Gasteiger partial charge in [0.05, 0.1) is 6.42 Å². The van der Waals surface area contributed by atoms with Crippen LogP contribution in [0.2, 0.25) is 0 Å². The zero-order valence-corrected chi connectivity index (χ0v) is 14.5. The van der Waals surface area contributed by atoms with Crippen LogP contribution >= 0.6 is 0 Å². The van der Waals surface area contributed by atoms with Crippen molar-refractivity contribution in [2.45, 2.75) is 26.0 Å². The molecule has 0 aliphatic rings. The maximum absolute atomic E-state index is 13.4. The van der Waals surface area contributed by atoms with Gasteiger partial charge in [-0.1, -0.05) is 6.07 Å². The lowest BCUT2D eigenvalue weighted by molar-refractivity contribution is -0.141. The van der Waals surface area contributed by atoms with E-state index in [1.54, 1.807) is 0 Å². The first-order chi connectivity index (χ1) is 12.8. The molecule has 2 aromatic rings. The van der Waals surface area contributed by atoms with Crippen LogP contribution < -0.4 is 4.74 Å². The molecule has 5 nitrogen and oxygen atoms in total. The SMILES string of the molecule is CC(Oc1ccc(F)cc1)C(=O)N(CCC(=O)O)Cc1ccc(F)c(F)c1. The number of aliphatic carboxylic acids is 1. The van der Waals surface area contributed by atoms with Crippen LogP contribution in [0.3, 0.4) is 0 Å². The van der Waals surface area contributed by atoms with Gasteiger partial charge in [0, 0.05) is 13.1 Å². The molecule has 0 radical (unpaired) electrons. The Morgan fingerprint density at radius 2 is 1.74 bits per heavy atom. The van der Waals surface area contributed by atoms with Gasteiger partial charge in [0.15, 0.2) is 17.7 Å². The molecule has 0 aliphatic carbocycles. The second-order valence-electron chi connectivity index (χ2n) is 5.87. The Bertz CT molecular complexity index is 811. The summed E-state index contributed by atoms with van der Waals surface area (Å²) in [6.07, 6.45) is -1.31. The van der Waals surface area contributed by atoms with Crippen LogP contribution in [0.4, 0.5) is 13.2 Å². The molecule has 0 heterocycles. The number of rotatable bonds is 8. The summed E-state index contributed by atoms with van der Waals surface area (Å²) in [7, 11) is 0. The highest BCUT2D eigenvalue weighted by Gasteiger charge is 2.23. The summed E-state index contributed by atoms with van der Waals surface area (Å²) in [6.45, 7) is 1.22. The number of halogens is 3. The molecule has 0 saturated carbocycles. The van der Waals surface area contributed by atoms with Gasteiger partial charge in [-0.2, -0.15) is 0 Å². The molecule has 1 N–H and O–H groups in total. The number of amides is 1. The third-order valence-electron chi connectivity index (χ3n) is 3.74. The van der Waals surface area contributed by atoms with E-state index in [0.717, 1.165) is 12.1 Å². The van der Waals surface area contributed by atoms with Gasteiger partial charge < -0.3 is 14.7 Å². The molecule has 0 aromatic heterocycles. The first-order valence-electron chi connectivity index (χ1n) is 8.13. The largest absolute Gasteiger partial charge is 0.481 e. The average molecular weight is 381 g/mol. The first kappa shape index (κ1) is 20.3. The predicted molar refractivity (Wildman–Crippen MR) is 90.5 cm³/mol. The van der Waals surface area contributed by atoms with Crippen LogP contribution in [0.1, 0.15) is 18.9 Å². The molecular weight excluding hydrogens is 363 g/mol. The first-order valence-corrected chi connectivity index (χ1v) is 8.13. The fourth-order valence-corrected chi connectivity index (χ4v) is 2.38. The summed E-state index contributed by atoms with van der Waals surface area (Å²) in [4.78, 5) is 24.7. The van der Waals surface area contributed by atoms with Crippen LogP contribution in [0, 0.1) is 17.5 Å². The van der Waals surface area contributed by atoms with E-state index in [1.807, 2.05) is 0 Å². The number of hydrogen-bond acceptors (Lipinski definition) is 3. The van der Waals surface area contributed by atoms with Crippen LogP contribution in [0.5, 0.6) is 5.75 Å². The van der Waals surface area contributed by atoms with Crippen molar-refractivity contribution in [2.75, 3.05) is 6.54 Å². The fraction of sp³-hybridized carbons (Fsp3) is 0.263. The maximum Gasteiger partial charge on any atom is 0.305 e. The molecule has 2 aromatic carbocycles. The number of carbonyl (C=O) groups excluding carboxylic acids is 1. The van der Waals surface area contributed by atoms with Crippen molar-refractivity contribution in [3.63, 3.8) is 0 Å². The third-order valence-corrected chi connectivity index (χ3v) is 3.74. The van der Waals surface area contributed by atoms with Crippen molar-refractivity contribution < 1.29 is 32.6 Å². The van der Waals surface area contributed by atoms with Gasteiger partial charge in [0.2, 0.25) is 0 Å². The highest BCUT2D eigenvalue weighted by Crippen LogP contribution is 2.16. The number of carboxylic acid groups (broad SMARTS) is 1. The Morgan fingerprint density at radius 3 is 2.33 bits per heavy atom. The Hall–Kier alpha value is -3.03. The van der Waals surface area contributed by atoms with Gasteiger partial charge in [-0.25, -0.2) is 13.2 Å². The monoisotopic (exact) mass is 381 g/mol. The quantitative estimate of drug-likeness (QED) is 0.761. The van der Waals surface area contributed by atoms with Gasteiger partial charge in [0.1, 0.15) is 11.6 Å². The summed E-state index contributed by atoms with van der Waals surface area (Å²) in [5.74, 6) is -3.91. The molecule has 0 bridgehead atoms. The second-order valence-corrected chi connectivity index (χ2v) is 5.87. The highest BCUT2D eigenvalue weighted by molar-refractivity contribution is 5.81. The number of nitrogens with zero attached hydrogens (tertiary/aromatic N) is 1. The van der Waals surface area contributed by atoms with Gasteiger partial charge in [-0.15, -0.1) is 0 Å². The third kappa shape index (κ3) is 6.02. The van der Waals surface area contributed by atoms with E-state index in [4.69, 9.17) is 9.84 Å². The lowest BCUT2D eigenvalue weighted by Crippen LogP contribution is -2.41. The summed E-state index contributed by atoms with van der Waals surface area (Å²) >= 11 is 0. The van der Waals surface area contributed by atoms with E-state index >= 15 is 0 Å². The highest BCUT2D eigenvalue weighted by atomic mass is 19.2. The molecule has 0 spiro atoms. The molecule has 1 amide bonds. The minimum atomic E-state index is -1.11. The van der Waals surface area contributed by atoms with Crippen LogP contribution in [-0.2, 0) is 16.1 Å². The number of hydrogen-bond donors (Lipinski definition) is 1. The van der Waals surface area contributed by atoms with Crippen molar-refractivity contribution in [1.82, 2.24) is 4.90 Å². The van der Waals surface area contributed by atoms with Gasteiger partial charge in [0.25, 0.3) is 5.91 Å². The molecule has 27 heavy (non-hydrogen) atoms. The molecule has 1 unspecified atom stereocenters. The van der Waals surface area contributed by atoms with Crippen molar-refractivity contribution >= 4 is 11.9 Å². The molecule has 0 saturated heterocycles.